The van der Waals surface area contributed by atoms with E-state index in [2.05, 4.69) is 12.2 Å². The van der Waals surface area contributed by atoms with E-state index in [1.807, 2.05) is 27.7 Å². The molecule has 0 heterocycles. The van der Waals surface area contributed by atoms with Crippen LogP contribution in [0, 0.1) is 0 Å². The molecule has 0 amide bonds. The molecule has 0 fully saturated rings. The third-order valence-corrected chi connectivity index (χ3v) is 3.15. The molecule has 0 rings (SSSR count). The molecule has 0 aromatic carbocycles. The zero-order valence-corrected chi connectivity index (χ0v) is 12.9. The predicted molar refractivity (Wildman–Crippen MR) is 61.5 cm³/mol. The van der Waals surface area contributed by atoms with Gasteiger partial charge >= 0.3 is 0 Å². The van der Waals surface area contributed by atoms with Crippen molar-refractivity contribution in [1.29, 1.82) is 0 Å². The second-order valence-electron chi connectivity index (χ2n) is 2.78. The van der Waals surface area contributed by atoms with Crippen LogP contribution in [0.25, 0.3) is 0 Å². The number of hydrogen-bond acceptors (Lipinski definition) is 3. The molecule has 0 saturated carbocycles. The van der Waals surface area contributed by atoms with Crippen molar-refractivity contribution in [3.8, 4) is 0 Å². The maximum Gasteiger partial charge on any atom is 0.244 e. The first-order valence-corrected chi connectivity index (χ1v) is 7.32. The van der Waals surface area contributed by atoms with Gasteiger partial charge in [0.05, 0.1) is 12.2 Å². The number of hydrogen-bond donors (Lipinski definition) is 1. The van der Waals surface area contributed by atoms with Crippen LogP contribution in [0.15, 0.2) is 0 Å². The van der Waals surface area contributed by atoms with E-state index < -0.39 is 5.69 Å². The topological polar surface area (TPSA) is 18.5 Å². The van der Waals surface area contributed by atoms with Crippen LogP contribution in [-0.4, -0.2) is 41.8 Å². The summed E-state index contributed by atoms with van der Waals surface area (Å²) in [4.78, 5) is 0. The second-order valence-corrected chi connectivity index (χ2v) is 7.97. The molecule has 0 aliphatic heterocycles. The van der Waals surface area contributed by atoms with Crippen LogP contribution >= 0.6 is 17.9 Å². The molecular formula is C6H15NaO2PS2. The molecular weight excluding hydrogens is 222 g/mol. The van der Waals surface area contributed by atoms with Crippen molar-refractivity contribution in [1.82, 2.24) is 0 Å². The van der Waals surface area contributed by atoms with E-state index in [1.54, 1.807) is 0 Å². The summed E-state index contributed by atoms with van der Waals surface area (Å²) in [5, 5.41) is 0. The van der Waals surface area contributed by atoms with Gasteiger partial charge in [-0.3, -0.25) is 0 Å². The molecule has 0 aromatic heterocycles. The van der Waals surface area contributed by atoms with Gasteiger partial charge in [0, 0.05) is 29.6 Å². The molecule has 2 nitrogen and oxygen atoms in total. The Hall–Kier alpha value is 1.92. The van der Waals surface area contributed by atoms with Crippen molar-refractivity contribution in [2.45, 2.75) is 39.9 Å². The van der Waals surface area contributed by atoms with E-state index in [4.69, 9.17) is 20.9 Å². The Kier molecular flexibility index (Phi) is 9.87. The Balaban J connectivity index is 0. The predicted octanol–water partition coefficient (Wildman–Crippen LogP) is 2.61. The fraction of sp³-hybridized carbons (Fsp3) is 1.00. The summed E-state index contributed by atoms with van der Waals surface area (Å²) in [7, 11) is 0. The molecule has 1 radical (unpaired) electrons. The maximum absolute atomic E-state index is 5.32. The van der Waals surface area contributed by atoms with Gasteiger partial charge in [0.25, 0.3) is 0 Å². The van der Waals surface area contributed by atoms with Gasteiger partial charge in [0.1, 0.15) is 0 Å². The molecule has 0 N–H and O–H groups in total. The summed E-state index contributed by atoms with van der Waals surface area (Å²) in [6, 6.07) is 0. The van der Waals surface area contributed by atoms with Crippen molar-refractivity contribution in [2.75, 3.05) is 0 Å². The van der Waals surface area contributed by atoms with Gasteiger partial charge in [-0.1, -0.05) is 12.2 Å². The van der Waals surface area contributed by atoms with E-state index >= 15 is 0 Å². The first-order valence-electron chi connectivity index (χ1n) is 3.53. The molecule has 0 unspecified atom stereocenters. The molecule has 0 aliphatic rings. The van der Waals surface area contributed by atoms with Crippen molar-refractivity contribution < 1.29 is 9.05 Å². The third-order valence-electron chi connectivity index (χ3n) is 0.688. The zero-order valence-electron chi connectivity index (χ0n) is 8.27. The smallest absolute Gasteiger partial charge is 0.244 e. The maximum atomic E-state index is 5.32. The normalized spacial score (nSPS) is 11.9. The molecule has 6 heteroatoms. The first kappa shape index (κ1) is 16.4. The number of rotatable bonds is 4. The molecule has 0 bridgehead atoms. The van der Waals surface area contributed by atoms with E-state index in [9.17, 15) is 0 Å². The van der Waals surface area contributed by atoms with Gasteiger partial charge < -0.3 is 9.05 Å². The molecule has 12 heavy (non-hydrogen) atoms. The summed E-state index contributed by atoms with van der Waals surface area (Å²) in [6.07, 6.45) is 0.161. The van der Waals surface area contributed by atoms with Crippen molar-refractivity contribution in [2.24, 2.45) is 0 Å². The Morgan fingerprint density at radius 2 is 1.33 bits per heavy atom. The average Bonchev–Trinajstić information content (AvgIpc) is 1.53. The van der Waals surface area contributed by atoms with Crippen molar-refractivity contribution >= 4 is 59.3 Å². The summed E-state index contributed by atoms with van der Waals surface area (Å²) in [5.41, 5.74) is -2.28. The monoisotopic (exact) mass is 237 g/mol. The minimum absolute atomic E-state index is 0. The quantitative estimate of drug-likeness (QED) is 0.460. The van der Waals surface area contributed by atoms with Gasteiger partial charge in [-0.25, -0.2) is 0 Å². The zero-order chi connectivity index (χ0) is 9.07. The van der Waals surface area contributed by atoms with Crippen LogP contribution in [-0.2, 0) is 20.9 Å². The summed E-state index contributed by atoms with van der Waals surface area (Å²) >= 11 is 9.17. The largest absolute Gasteiger partial charge is 0.319 e. The molecule has 0 aromatic rings. The van der Waals surface area contributed by atoms with Crippen LogP contribution < -0.4 is 0 Å². The van der Waals surface area contributed by atoms with E-state index in [0.717, 1.165) is 0 Å². The Bertz CT molecular complexity index is 150. The van der Waals surface area contributed by atoms with Gasteiger partial charge in [0.2, 0.25) is 5.69 Å². The fourth-order valence-corrected chi connectivity index (χ4v) is 3.84. The van der Waals surface area contributed by atoms with Crippen LogP contribution in [0.4, 0.5) is 0 Å². The van der Waals surface area contributed by atoms with Crippen LogP contribution in [0.5, 0.6) is 0 Å². The van der Waals surface area contributed by atoms with Crippen LogP contribution in [0.3, 0.4) is 0 Å². The minimum Gasteiger partial charge on any atom is -0.319 e. The Labute approximate surface area is 107 Å². The van der Waals surface area contributed by atoms with Crippen LogP contribution in [0.1, 0.15) is 27.7 Å². The summed E-state index contributed by atoms with van der Waals surface area (Å²) in [5.74, 6) is 0. The minimum atomic E-state index is -2.28. The van der Waals surface area contributed by atoms with E-state index in [-0.39, 0.29) is 41.8 Å². The van der Waals surface area contributed by atoms with Crippen molar-refractivity contribution in [3.63, 3.8) is 0 Å². The summed E-state index contributed by atoms with van der Waals surface area (Å²) in [6.45, 7) is 7.67. The summed E-state index contributed by atoms with van der Waals surface area (Å²) < 4.78 is 10.6. The standard InChI is InChI=1S/C6H15O2PS2.Na/c1-5(2)7-9(10,11)8-6(3)4;/h5-6H,1-4H3,(H,10,11);. The van der Waals surface area contributed by atoms with E-state index in [1.165, 1.54) is 0 Å². The van der Waals surface area contributed by atoms with Gasteiger partial charge in [-0.2, -0.15) is 0 Å². The Morgan fingerprint density at radius 1 is 1.08 bits per heavy atom. The van der Waals surface area contributed by atoms with Gasteiger partial charge in [-0.05, 0) is 39.5 Å². The SMILES string of the molecule is CC(C)OP(=S)(S)OC(C)C.[Na]. The Morgan fingerprint density at radius 3 is 1.50 bits per heavy atom. The molecule has 0 spiro atoms. The van der Waals surface area contributed by atoms with Crippen LogP contribution in [0.2, 0.25) is 0 Å². The average molecular weight is 237 g/mol. The molecule has 0 aliphatic carbocycles. The fourth-order valence-electron chi connectivity index (χ4n) is 0.558. The van der Waals surface area contributed by atoms with Crippen molar-refractivity contribution in [3.05, 3.63) is 0 Å². The second kappa shape index (κ2) is 7.24. The van der Waals surface area contributed by atoms with E-state index in [0.29, 0.717) is 0 Å². The molecule has 0 atom stereocenters. The number of thiol groups is 1. The van der Waals surface area contributed by atoms with Gasteiger partial charge in [-0.15, -0.1) is 0 Å². The third kappa shape index (κ3) is 10.0. The molecule has 69 valence electrons. The molecule has 0 saturated heterocycles. The first-order chi connectivity index (χ1) is 4.83. The van der Waals surface area contributed by atoms with Gasteiger partial charge in [0.15, 0.2) is 0 Å².